The first kappa shape index (κ1) is 22.3. The van der Waals surface area contributed by atoms with E-state index in [0.29, 0.717) is 18.1 Å². The third-order valence-electron chi connectivity index (χ3n) is 7.16. The first-order valence-electron chi connectivity index (χ1n) is 11.8. The van der Waals surface area contributed by atoms with Gasteiger partial charge in [-0.1, -0.05) is 26.2 Å². The van der Waals surface area contributed by atoms with Crippen LogP contribution in [0, 0.1) is 11.8 Å². The molecule has 4 heterocycles. The van der Waals surface area contributed by atoms with Crippen molar-refractivity contribution in [2.24, 2.45) is 21.8 Å². The normalized spacial score (nSPS) is 30.5. The summed E-state index contributed by atoms with van der Waals surface area (Å²) in [6.45, 7) is 3.07. The van der Waals surface area contributed by atoms with Crippen LogP contribution in [0.15, 0.2) is 16.2 Å². The number of ketones is 1. The number of hydrogen-bond acceptors (Lipinski definition) is 8. The van der Waals surface area contributed by atoms with E-state index in [9.17, 15) is 14.4 Å². The van der Waals surface area contributed by atoms with Gasteiger partial charge in [0.25, 0.3) is 5.91 Å². The van der Waals surface area contributed by atoms with E-state index in [0.717, 1.165) is 37.0 Å². The van der Waals surface area contributed by atoms with Gasteiger partial charge in [-0.25, -0.2) is 4.98 Å². The van der Waals surface area contributed by atoms with E-state index in [1.54, 1.807) is 23.5 Å². The van der Waals surface area contributed by atoms with Crippen LogP contribution in [0.1, 0.15) is 59.7 Å². The highest BCUT2D eigenvalue weighted by Gasteiger charge is 2.52. The summed E-state index contributed by atoms with van der Waals surface area (Å²) in [6, 6.07) is -1.32. The minimum atomic E-state index is -0.665. The first-order chi connectivity index (χ1) is 16.0. The second-order valence-corrected chi connectivity index (χ2v) is 10.5. The van der Waals surface area contributed by atoms with E-state index in [2.05, 4.69) is 20.3 Å². The molecule has 1 saturated carbocycles. The van der Waals surface area contributed by atoms with Crippen LogP contribution < -0.4 is 5.32 Å². The lowest BCUT2D eigenvalue weighted by atomic mass is 9.83. The molecule has 1 aromatic heterocycles. The van der Waals surface area contributed by atoms with Crippen LogP contribution in [0.25, 0.3) is 0 Å². The number of thiazole rings is 1. The predicted octanol–water partition coefficient (Wildman–Crippen LogP) is 1.83. The predicted molar refractivity (Wildman–Crippen MR) is 124 cm³/mol. The third kappa shape index (κ3) is 4.38. The number of fused-ring (bicyclic) bond motifs is 1. The molecule has 3 aliphatic heterocycles. The topological polar surface area (TPSA) is 113 Å². The van der Waals surface area contributed by atoms with Gasteiger partial charge < -0.3 is 15.0 Å². The van der Waals surface area contributed by atoms with Crippen molar-refractivity contribution in [1.82, 2.24) is 15.2 Å². The number of likely N-dealkylation sites (tertiary alicyclic amines) is 1. The Bertz CT molecular complexity index is 985. The van der Waals surface area contributed by atoms with Crippen molar-refractivity contribution in [2.45, 2.75) is 63.3 Å². The highest BCUT2D eigenvalue weighted by molar-refractivity contribution is 7.13. The molecule has 2 amide bonds. The molecule has 0 aromatic carbocycles. The molecule has 1 aliphatic carbocycles. The van der Waals surface area contributed by atoms with Crippen LogP contribution >= 0.6 is 11.3 Å². The molecule has 33 heavy (non-hydrogen) atoms. The van der Waals surface area contributed by atoms with Gasteiger partial charge in [0, 0.05) is 31.1 Å². The van der Waals surface area contributed by atoms with Crippen molar-refractivity contribution in [2.75, 3.05) is 19.7 Å². The second kappa shape index (κ2) is 9.42. The highest BCUT2D eigenvalue weighted by atomic mass is 32.1. The molecule has 5 unspecified atom stereocenters. The van der Waals surface area contributed by atoms with Crippen LogP contribution in [0.5, 0.6) is 0 Å². The van der Waals surface area contributed by atoms with Crippen molar-refractivity contribution in [3.8, 4) is 0 Å². The number of carbonyl (C=O) groups is 3. The Labute approximate surface area is 196 Å². The number of nitrogens with zero attached hydrogens (tertiary/aromatic N) is 4. The first-order valence-corrected chi connectivity index (χ1v) is 12.6. The minimum Gasteiger partial charge on any atom is -0.367 e. The molecular formula is C23H29N5O4S. The van der Waals surface area contributed by atoms with E-state index in [-0.39, 0.29) is 48.2 Å². The average Bonchev–Trinajstić information content (AvgIpc) is 3.56. The third-order valence-corrected chi connectivity index (χ3v) is 8.26. The number of aliphatic imine (C=N–C) groups is 2. The SMILES string of the molecule is CC1CN(C(=O)C(NC(=O)c2ncc(C3CN=CC=N3)s2)C2CCCCC2)C2C(=O)COC12. The zero-order valence-corrected chi connectivity index (χ0v) is 19.5. The number of rotatable bonds is 5. The summed E-state index contributed by atoms with van der Waals surface area (Å²) < 4.78 is 5.66. The number of amides is 2. The lowest BCUT2D eigenvalue weighted by molar-refractivity contribution is -0.139. The largest absolute Gasteiger partial charge is 0.367 e. The van der Waals surface area contributed by atoms with E-state index in [1.165, 1.54) is 11.3 Å². The Kier molecular flexibility index (Phi) is 6.38. The zero-order valence-electron chi connectivity index (χ0n) is 18.7. The molecule has 0 bridgehead atoms. The molecule has 5 atom stereocenters. The Balaban J connectivity index is 1.34. The maximum atomic E-state index is 13.7. The van der Waals surface area contributed by atoms with Crippen LogP contribution in [0.2, 0.25) is 0 Å². The fraction of sp³-hybridized carbons (Fsp3) is 0.652. The van der Waals surface area contributed by atoms with Crippen molar-refractivity contribution < 1.29 is 19.1 Å². The molecule has 10 heteroatoms. The number of carbonyl (C=O) groups excluding carboxylic acids is 3. The Morgan fingerprint density at radius 1 is 1.24 bits per heavy atom. The van der Waals surface area contributed by atoms with Crippen LogP contribution in [-0.2, 0) is 14.3 Å². The van der Waals surface area contributed by atoms with Gasteiger partial charge in [-0.3, -0.25) is 24.4 Å². The fourth-order valence-electron chi connectivity index (χ4n) is 5.46. The number of aromatic nitrogens is 1. The van der Waals surface area contributed by atoms with E-state index < -0.39 is 12.1 Å². The zero-order chi connectivity index (χ0) is 22.9. The maximum absolute atomic E-state index is 13.7. The Morgan fingerprint density at radius 2 is 2.06 bits per heavy atom. The number of ether oxygens (including phenoxy) is 1. The molecule has 3 fully saturated rings. The molecule has 2 saturated heterocycles. The van der Waals surface area contributed by atoms with Gasteiger partial charge >= 0.3 is 0 Å². The molecule has 0 radical (unpaired) electrons. The summed E-state index contributed by atoms with van der Waals surface area (Å²) in [4.78, 5) is 54.9. The van der Waals surface area contributed by atoms with Crippen LogP contribution in [0.3, 0.4) is 0 Å². The lowest BCUT2D eigenvalue weighted by Gasteiger charge is -2.34. The average molecular weight is 472 g/mol. The van der Waals surface area contributed by atoms with Crippen LogP contribution in [0.4, 0.5) is 0 Å². The molecule has 9 nitrogen and oxygen atoms in total. The maximum Gasteiger partial charge on any atom is 0.280 e. The van der Waals surface area contributed by atoms with Crippen molar-refractivity contribution >= 4 is 41.4 Å². The van der Waals surface area contributed by atoms with Gasteiger partial charge in [-0.05, 0) is 18.8 Å². The van der Waals surface area contributed by atoms with Gasteiger partial charge in [0.15, 0.2) is 10.8 Å². The van der Waals surface area contributed by atoms with E-state index in [1.807, 2.05) is 6.92 Å². The fourth-order valence-corrected chi connectivity index (χ4v) is 6.31. The van der Waals surface area contributed by atoms with Gasteiger partial charge in [-0.2, -0.15) is 0 Å². The van der Waals surface area contributed by atoms with Crippen LogP contribution in [-0.4, -0.2) is 77.8 Å². The van der Waals surface area contributed by atoms with Crippen molar-refractivity contribution in [1.29, 1.82) is 0 Å². The molecule has 1 N–H and O–H groups in total. The van der Waals surface area contributed by atoms with Gasteiger partial charge in [-0.15, -0.1) is 11.3 Å². The highest BCUT2D eigenvalue weighted by Crippen LogP contribution is 2.34. The second-order valence-electron chi connectivity index (χ2n) is 9.40. The van der Waals surface area contributed by atoms with E-state index >= 15 is 0 Å². The number of Topliss-reactive ketones (excluding diaryl/α,β-unsaturated/α-hetero) is 1. The Morgan fingerprint density at radius 3 is 2.82 bits per heavy atom. The van der Waals surface area contributed by atoms with Gasteiger partial charge in [0.2, 0.25) is 5.91 Å². The summed E-state index contributed by atoms with van der Waals surface area (Å²) in [5.41, 5.74) is 0. The van der Waals surface area contributed by atoms with Gasteiger partial charge in [0.1, 0.15) is 24.7 Å². The molecule has 176 valence electrons. The quantitative estimate of drug-likeness (QED) is 0.704. The monoisotopic (exact) mass is 471 g/mol. The van der Waals surface area contributed by atoms with E-state index in [4.69, 9.17) is 4.74 Å². The summed E-state index contributed by atoms with van der Waals surface area (Å²) in [5, 5.41) is 3.32. The molecule has 0 spiro atoms. The van der Waals surface area contributed by atoms with Gasteiger partial charge in [0.05, 0.1) is 17.5 Å². The smallest absolute Gasteiger partial charge is 0.280 e. The summed E-state index contributed by atoms with van der Waals surface area (Å²) in [5.74, 6) is -0.425. The summed E-state index contributed by atoms with van der Waals surface area (Å²) >= 11 is 1.29. The number of nitrogens with one attached hydrogen (secondary N) is 1. The summed E-state index contributed by atoms with van der Waals surface area (Å²) in [7, 11) is 0. The molecular weight excluding hydrogens is 442 g/mol. The molecule has 5 rings (SSSR count). The Hall–Kier alpha value is -2.46. The standard InChI is InChI=1S/C23H29N5O4S/c1-13-11-28(19-16(29)12-32-20(13)19)23(31)18(14-5-3-2-4-6-14)27-21(30)22-26-10-17(33-22)15-9-24-7-8-25-15/h7-8,10,13-15,18-20H,2-6,9,11-12H2,1H3,(H,27,30). The molecule has 1 aromatic rings. The summed E-state index contributed by atoms with van der Waals surface area (Å²) in [6.07, 6.45) is 9.73. The van der Waals surface area contributed by atoms with Crippen molar-refractivity contribution in [3.05, 3.63) is 16.1 Å². The van der Waals surface area contributed by atoms with Crippen molar-refractivity contribution in [3.63, 3.8) is 0 Å². The molecule has 4 aliphatic rings. The minimum absolute atomic E-state index is 0.0494. The number of hydrogen-bond donors (Lipinski definition) is 1. The lowest BCUT2D eigenvalue weighted by Crippen LogP contribution is -2.55.